The van der Waals surface area contributed by atoms with E-state index in [1.807, 2.05) is 0 Å². The van der Waals surface area contributed by atoms with Gasteiger partial charge in [0.05, 0.1) is 11.3 Å². The quantitative estimate of drug-likeness (QED) is 0.926. The van der Waals surface area contributed by atoms with Crippen LogP contribution in [-0.4, -0.2) is 28.0 Å². The molecule has 1 aromatic carbocycles. The lowest BCUT2D eigenvalue weighted by molar-refractivity contribution is -0.137. The minimum Gasteiger partial charge on any atom is -0.306 e. The highest BCUT2D eigenvalue weighted by atomic mass is 19.4. The normalized spacial score (nSPS) is 18.2. The van der Waals surface area contributed by atoms with Gasteiger partial charge in [0.2, 0.25) is 0 Å². The van der Waals surface area contributed by atoms with Crippen molar-refractivity contribution >= 4 is 0 Å². The predicted octanol–water partition coefficient (Wildman–Crippen LogP) is 3.22. The third kappa shape index (κ3) is 3.46. The molecule has 4 nitrogen and oxygen atoms in total. The van der Waals surface area contributed by atoms with Crippen LogP contribution in [-0.2, 0) is 19.1 Å². The summed E-state index contributed by atoms with van der Waals surface area (Å²) < 4.78 is 38.1. The molecule has 0 amide bonds. The van der Waals surface area contributed by atoms with E-state index in [1.54, 1.807) is 0 Å². The maximum absolute atomic E-state index is 12.7. The summed E-state index contributed by atoms with van der Waals surface area (Å²) >= 11 is 0. The second kappa shape index (κ2) is 5.98. The van der Waals surface area contributed by atoms with E-state index in [0.29, 0.717) is 29.9 Å². The van der Waals surface area contributed by atoms with Crippen LogP contribution in [0.3, 0.4) is 0 Å². The SMILES string of the molecule is O=c1[nH]c(-c2ccc(C(F)(F)F)cc2)nc2c1CCN(CC1CC1)C2. The molecule has 1 saturated carbocycles. The van der Waals surface area contributed by atoms with Gasteiger partial charge in [-0.25, -0.2) is 4.98 Å². The zero-order chi connectivity index (χ0) is 17.6. The van der Waals surface area contributed by atoms with Crippen LogP contribution in [0.4, 0.5) is 13.2 Å². The molecule has 0 atom stereocenters. The fraction of sp³-hybridized carbons (Fsp3) is 0.444. The molecule has 0 radical (unpaired) electrons. The predicted molar refractivity (Wildman–Crippen MR) is 87.0 cm³/mol. The molecule has 25 heavy (non-hydrogen) atoms. The van der Waals surface area contributed by atoms with E-state index in [4.69, 9.17) is 0 Å². The summed E-state index contributed by atoms with van der Waals surface area (Å²) in [4.78, 5) is 21.9. The monoisotopic (exact) mass is 349 g/mol. The molecule has 7 heteroatoms. The summed E-state index contributed by atoms with van der Waals surface area (Å²) in [5.41, 5.74) is 1.01. The number of aromatic nitrogens is 2. The van der Waals surface area contributed by atoms with Crippen molar-refractivity contribution in [3.8, 4) is 11.4 Å². The molecule has 1 aliphatic carbocycles. The molecule has 1 aliphatic heterocycles. The van der Waals surface area contributed by atoms with Crippen LogP contribution in [0, 0.1) is 5.92 Å². The van der Waals surface area contributed by atoms with Crippen molar-refractivity contribution in [2.75, 3.05) is 13.1 Å². The van der Waals surface area contributed by atoms with E-state index in [-0.39, 0.29) is 5.56 Å². The molecule has 1 N–H and O–H groups in total. The van der Waals surface area contributed by atoms with E-state index in [1.165, 1.54) is 25.0 Å². The number of hydrogen-bond acceptors (Lipinski definition) is 3. The van der Waals surface area contributed by atoms with Gasteiger partial charge in [0, 0.05) is 30.8 Å². The molecule has 2 heterocycles. The fourth-order valence-corrected chi connectivity index (χ4v) is 3.27. The van der Waals surface area contributed by atoms with Gasteiger partial charge < -0.3 is 4.98 Å². The van der Waals surface area contributed by atoms with Crippen molar-refractivity contribution in [2.24, 2.45) is 5.92 Å². The average molecular weight is 349 g/mol. The lowest BCUT2D eigenvalue weighted by Crippen LogP contribution is -2.36. The first-order valence-corrected chi connectivity index (χ1v) is 8.42. The first-order valence-electron chi connectivity index (χ1n) is 8.42. The van der Waals surface area contributed by atoms with Crippen LogP contribution in [0.5, 0.6) is 0 Å². The second-order valence-electron chi connectivity index (χ2n) is 6.84. The highest BCUT2D eigenvalue weighted by Crippen LogP contribution is 2.32. The van der Waals surface area contributed by atoms with Crippen LogP contribution in [0.2, 0.25) is 0 Å². The first kappa shape index (κ1) is 16.3. The Morgan fingerprint density at radius 1 is 1.20 bits per heavy atom. The van der Waals surface area contributed by atoms with Crippen LogP contribution < -0.4 is 5.56 Å². The van der Waals surface area contributed by atoms with Crippen molar-refractivity contribution < 1.29 is 13.2 Å². The summed E-state index contributed by atoms with van der Waals surface area (Å²) in [7, 11) is 0. The van der Waals surface area contributed by atoms with E-state index in [2.05, 4.69) is 14.9 Å². The van der Waals surface area contributed by atoms with E-state index < -0.39 is 11.7 Å². The fourth-order valence-electron chi connectivity index (χ4n) is 3.27. The summed E-state index contributed by atoms with van der Waals surface area (Å²) in [6.45, 7) is 2.51. The zero-order valence-corrected chi connectivity index (χ0v) is 13.6. The van der Waals surface area contributed by atoms with Crippen molar-refractivity contribution in [3.05, 3.63) is 51.4 Å². The van der Waals surface area contributed by atoms with Crippen molar-refractivity contribution in [2.45, 2.75) is 32.0 Å². The van der Waals surface area contributed by atoms with Gasteiger partial charge >= 0.3 is 6.18 Å². The number of fused-ring (bicyclic) bond motifs is 1. The van der Waals surface area contributed by atoms with Gasteiger partial charge in [-0.2, -0.15) is 13.2 Å². The number of benzene rings is 1. The lowest BCUT2D eigenvalue weighted by atomic mass is 10.1. The Bertz CT molecular complexity index is 838. The molecule has 2 aliphatic rings. The number of rotatable bonds is 3. The number of aromatic amines is 1. The summed E-state index contributed by atoms with van der Waals surface area (Å²) in [6, 6.07) is 4.71. The van der Waals surface area contributed by atoms with Crippen molar-refractivity contribution in [1.82, 2.24) is 14.9 Å². The molecule has 0 bridgehead atoms. The number of hydrogen-bond donors (Lipinski definition) is 1. The highest BCUT2D eigenvalue weighted by molar-refractivity contribution is 5.56. The first-order chi connectivity index (χ1) is 11.9. The largest absolute Gasteiger partial charge is 0.416 e. The van der Waals surface area contributed by atoms with Crippen molar-refractivity contribution in [3.63, 3.8) is 0 Å². The molecule has 0 saturated heterocycles. The molecule has 2 aromatic rings. The third-order valence-corrected chi connectivity index (χ3v) is 4.85. The second-order valence-corrected chi connectivity index (χ2v) is 6.84. The Labute approximate surface area is 142 Å². The molecule has 0 spiro atoms. The smallest absolute Gasteiger partial charge is 0.306 e. The van der Waals surface area contributed by atoms with Crippen LogP contribution in [0.15, 0.2) is 29.1 Å². The maximum atomic E-state index is 12.7. The molecule has 132 valence electrons. The zero-order valence-electron chi connectivity index (χ0n) is 13.6. The van der Waals surface area contributed by atoms with E-state index in [0.717, 1.165) is 36.8 Å². The number of H-pyrrole nitrogens is 1. The third-order valence-electron chi connectivity index (χ3n) is 4.85. The Balaban J connectivity index is 1.62. The Hall–Kier alpha value is -2.15. The summed E-state index contributed by atoms with van der Waals surface area (Å²) in [6.07, 6.45) is -1.18. The van der Waals surface area contributed by atoms with E-state index >= 15 is 0 Å². The van der Waals surface area contributed by atoms with Crippen LogP contribution in [0.1, 0.15) is 29.7 Å². The minimum atomic E-state index is -4.38. The lowest BCUT2D eigenvalue weighted by Gasteiger charge is -2.27. The van der Waals surface area contributed by atoms with E-state index in [9.17, 15) is 18.0 Å². The summed E-state index contributed by atoms with van der Waals surface area (Å²) in [5.74, 6) is 1.09. The molecule has 1 fully saturated rings. The molecular weight excluding hydrogens is 331 g/mol. The average Bonchev–Trinajstić information content (AvgIpc) is 3.38. The van der Waals surface area contributed by atoms with Crippen LogP contribution >= 0.6 is 0 Å². The van der Waals surface area contributed by atoms with Gasteiger partial charge in [-0.3, -0.25) is 9.69 Å². The number of nitrogens with one attached hydrogen (secondary N) is 1. The number of alkyl halides is 3. The van der Waals surface area contributed by atoms with Gasteiger partial charge in [-0.15, -0.1) is 0 Å². The standard InChI is InChI=1S/C18H18F3N3O/c19-18(20,21)13-5-3-12(4-6-13)16-22-15-10-24(9-11-1-2-11)8-7-14(15)17(25)23-16/h3-6,11H,1-2,7-10H2,(H,22,23,25). The molecule has 0 unspecified atom stereocenters. The van der Waals surface area contributed by atoms with Gasteiger partial charge in [0.15, 0.2) is 0 Å². The number of halogens is 3. The van der Waals surface area contributed by atoms with Crippen LogP contribution in [0.25, 0.3) is 11.4 Å². The molecule has 1 aromatic heterocycles. The van der Waals surface area contributed by atoms with Gasteiger partial charge in [0.1, 0.15) is 5.82 Å². The Morgan fingerprint density at radius 3 is 2.56 bits per heavy atom. The number of nitrogens with zero attached hydrogens (tertiary/aromatic N) is 2. The highest BCUT2D eigenvalue weighted by Gasteiger charge is 2.30. The van der Waals surface area contributed by atoms with Crippen molar-refractivity contribution in [1.29, 1.82) is 0 Å². The maximum Gasteiger partial charge on any atom is 0.416 e. The Kier molecular flexibility index (Phi) is 3.91. The topological polar surface area (TPSA) is 49.0 Å². The summed E-state index contributed by atoms with van der Waals surface area (Å²) in [5, 5.41) is 0. The van der Waals surface area contributed by atoms with Gasteiger partial charge in [0.25, 0.3) is 5.56 Å². The Morgan fingerprint density at radius 2 is 1.92 bits per heavy atom. The minimum absolute atomic E-state index is 0.189. The van der Waals surface area contributed by atoms with Gasteiger partial charge in [-0.05, 0) is 37.3 Å². The van der Waals surface area contributed by atoms with Gasteiger partial charge in [-0.1, -0.05) is 12.1 Å². The molecular formula is C18H18F3N3O. The molecule has 4 rings (SSSR count).